The minimum Gasteiger partial charge on any atom is -0.480 e. The van der Waals surface area contributed by atoms with Crippen molar-refractivity contribution in [1.82, 2.24) is 5.32 Å². The largest absolute Gasteiger partial charge is 0.573 e. The van der Waals surface area contributed by atoms with Gasteiger partial charge in [-0.2, -0.15) is 0 Å². The lowest BCUT2D eigenvalue weighted by Gasteiger charge is -2.13. The van der Waals surface area contributed by atoms with Crippen LogP contribution in [0.15, 0.2) is 24.3 Å². The van der Waals surface area contributed by atoms with Crippen molar-refractivity contribution in [2.45, 2.75) is 31.7 Å². The zero-order valence-corrected chi connectivity index (χ0v) is 11.6. The molecule has 0 spiro atoms. The predicted molar refractivity (Wildman–Crippen MR) is 69.2 cm³/mol. The normalized spacial score (nSPS) is 21.8. The number of hydrogen-bond donors (Lipinski definition) is 2. The van der Waals surface area contributed by atoms with Gasteiger partial charge < -0.3 is 15.2 Å². The summed E-state index contributed by atoms with van der Waals surface area (Å²) in [6.45, 7) is 1.32. The second kappa shape index (κ2) is 5.86. The molecular weight excluding hydrogens is 303 g/mol. The smallest absolute Gasteiger partial charge is 0.480 e. The molecule has 1 aliphatic rings. The van der Waals surface area contributed by atoms with Crippen LogP contribution in [0.5, 0.6) is 5.75 Å². The van der Waals surface area contributed by atoms with Crippen LogP contribution in [-0.4, -0.2) is 29.4 Å². The number of carboxylic acid groups (broad SMARTS) is 1. The van der Waals surface area contributed by atoms with Crippen molar-refractivity contribution in [3.63, 3.8) is 0 Å². The Labute approximate surface area is 124 Å². The third-order valence-corrected chi connectivity index (χ3v) is 3.40. The highest BCUT2D eigenvalue weighted by atomic mass is 19.4. The lowest BCUT2D eigenvalue weighted by atomic mass is 10.1. The quantitative estimate of drug-likeness (QED) is 0.873. The van der Waals surface area contributed by atoms with Gasteiger partial charge in [-0.15, -0.1) is 13.2 Å². The number of carboxylic acids is 1. The number of benzene rings is 1. The number of hydrogen-bond acceptors (Lipinski definition) is 3. The summed E-state index contributed by atoms with van der Waals surface area (Å²) in [7, 11) is 0. The van der Waals surface area contributed by atoms with Crippen molar-refractivity contribution in [2.75, 3.05) is 0 Å². The highest BCUT2D eigenvalue weighted by molar-refractivity contribution is 5.87. The van der Waals surface area contributed by atoms with Crippen LogP contribution < -0.4 is 10.1 Å². The zero-order valence-electron chi connectivity index (χ0n) is 11.6. The van der Waals surface area contributed by atoms with Gasteiger partial charge in [0.15, 0.2) is 0 Å². The van der Waals surface area contributed by atoms with E-state index >= 15 is 0 Å². The molecule has 5 nitrogen and oxygen atoms in total. The first kappa shape index (κ1) is 16.1. The van der Waals surface area contributed by atoms with E-state index in [1.165, 1.54) is 25.1 Å². The second-order valence-electron chi connectivity index (χ2n) is 5.10. The van der Waals surface area contributed by atoms with Gasteiger partial charge >= 0.3 is 12.3 Å². The number of carbonyl (C=O) groups excluding carboxylic acids is 1. The Morgan fingerprint density at radius 1 is 1.36 bits per heavy atom. The van der Waals surface area contributed by atoms with E-state index in [0.717, 1.165) is 0 Å². The summed E-state index contributed by atoms with van der Waals surface area (Å²) in [4.78, 5) is 22.5. The first-order valence-electron chi connectivity index (χ1n) is 6.57. The molecule has 0 aliphatic heterocycles. The number of carbonyl (C=O) groups is 2. The van der Waals surface area contributed by atoms with Crippen molar-refractivity contribution in [2.24, 2.45) is 5.92 Å². The van der Waals surface area contributed by atoms with Crippen LogP contribution in [0.3, 0.4) is 0 Å². The van der Waals surface area contributed by atoms with E-state index in [-0.39, 0.29) is 5.75 Å². The fraction of sp³-hybridized carbons (Fsp3) is 0.429. The summed E-state index contributed by atoms with van der Waals surface area (Å²) in [6.07, 6.45) is -4.45. The van der Waals surface area contributed by atoms with E-state index in [9.17, 15) is 22.8 Å². The molecule has 2 unspecified atom stereocenters. The monoisotopic (exact) mass is 317 g/mol. The number of aliphatic carboxylic acids is 1. The van der Waals surface area contributed by atoms with Crippen LogP contribution in [0.25, 0.3) is 0 Å². The van der Waals surface area contributed by atoms with Gasteiger partial charge in [-0.1, -0.05) is 18.2 Å². The van der Waals surface area contributed by atoms with Gasteiger partial charge in [-0.3, -0.25) is 9.59 Å². The Bertz CT molecular complexity index is 588. The number of ether oxygens (including phenoxy) is 1. The maximum atomic E-state index is 12.4. The Morgan fingerprint density at radius 3 is 2.59 bits per heavy atom. The Hall–Kier alpha value is -2.25. The Morgan fingerprint density at radius 2 is 2.00 bits per heavy atom. The number of para-hydroxylation sites is 1. The van der Waals surface area contributed by atoms with Gasteiger partial charge in [0.05, 0.1) is 0 Å². The fourth-order valence-electron chi connectivity index (χ4n) is 2.22. The van der Waals surface area contributed by atoms with E-state index in [0.29, 0.717) is 12.0 Å². The molecule has 3 atom stereocenters. The van der Waals surface area contributed by atoms with E-state index in [1.54, 1.807) is 6.07 Å². The van der Waals surface area contributed by atoms with Crippen molar-refractivity contribution < 1.29 is 32.6 Å². The molecule has 0 heterocycles. The highest BCUT2D eigenvalue weighted by Crippen LogP contribution is 2.51. The molecule has 0 aromatic heterocycles. The molecule has 2 N–H and O–H groups in total. The third kappa shape index (κ3) is 3.90. The molecule has 2 rings (SSSR count). The predicted octanol–water partition coefficient (Wildman–Crippen LogP) is 2.28. The van der Waals surface area contributed by atoms with Crippen molar-refractivity contribution in [3.8, 4) is 5.75 Å². The fourth-order valence-corrected chi connectivity index (χ4v) is 2.22. The topological polar surface area (TPSA) is 75.6 Å². The van der Waals surface area contributed by atoms with Gasteiger partial charge in [-0.05, 0) is 30.9 Å². The molecular formula is C14H14F3NO4. The first-order valence-corrected chi connectivity index (χ1v) is 6.57. The summed E-state index contributed by atoms with van der Waals surface area (Å²) in [5.41, 5.74) is 0.294. The maximum absolute atomic E-state index is 12.4. The average Bonchev–Trinajstić information content (AvgIpc) is 3.17. The van der Waals surface area contributed by atoms with Crippen molar-refractivity contribution in [3.05, 3.63) is 29.8 Å². The number of halogens is 3. The molecule has 120 valence electrons. The van der Waals surface area contributed by atoms with Crippen molar-refractivity contribution in [1.29, 1.82) is 0 Å². The number of nitrogens with one attached hydrogen (secondary N) is 1. The molecule has 1 aromatic carbocycles. The van der Waals surface area contributed by atoms with Crippen LogP contribution in [0, 0.1) is 5.92 Å². The van der Waals surface area contributed by atoms with E-state index in [1.807, 2.05) is 0 Å². The van der Waals surface area contributed by atoms with Crippen LogP contribution in [0.2, 0.25) is 0 Å². The van der Waals surface area contributed by atoms with Gasteiger partial charge in [-0.25, -0.2) is 0 Å². The molecule has 1 fully saturated rings. The first-order chi connectivity index (χ1) is 10.2. The van der Waals surface area contributed by atoms with Crippen LogP contribution in [-0.2, 0) is 9.59 Å². The van der Waals surface area contributed by atoms with Crippen LogP contribution in [0.1, 0.15) is 24.8 Å². The van der Waals surface area contributed by atoms with Gasteiger partial charge in [0.1, 0.15) is 11.8 Å². The van der Waals surface area contributed by atoms with Gasteiger partial charge in [0.25, 0.3) is 0 Å². The molecule has 0 bridgehead atoms. The number of amides is 1. The summed E-state index contributed by atoms with van der Waals surface area (Å²) in [5.74, 6) is -2.94. The standard InChI is InChI=1S/C14H14F3NO4/c1-7(13(20)21)18-12(19)10-6-9(10)8-4-2-3-5-11(8)22-14(15,16)17/h2-5,7,9-10H,6H2,1H3,(H,18,19)(H,20,21)/t7-,9?,10?/m0/s1. The van der Waals surface area contributed by atoms with Crippen LogP contribution >= 0.6 is 0 Å². The maximum Gasteiger partial charge on any atom is 0.573 e. The zero-order chi connectivity index (χ0) is 16.5. The minimum atomic E-state index is -4.80. The molecule has 1 aliphatic carbocycles. The lowest BCUT2D eigenvalue weighted by molar-refractivity contribution is -0.274. The Kier molecular flexibility index (Phi) is 4.30. The molecule has 1 saturated carbocycles. The Balaban J connectivity index is 2.06. The molecule has 22 heavy (non-hydrogen) atoms. The van der Waals surface area contributed by atoms with Gasteiger partial charge in [0.2, 0.25) is 5.91 Å². The summed E-state index contributed by atoms with van der Waals surface area (Å²) >= 11 is 0. The summed E-state index contributed by atoms with van der Waals surface area (Å²) in [5, 5.41) is 11.0. The van der Waals surface area contributed by atoms with Gasteiger partial charge in [0, 0.05) is 5.92 Å². The van der Waals surface area contributed by atoms with Crippen molar-refractivity contribution >= 4 is 11.9 Å². The minimum absolute atomic E-state index is 0.294. The molecule has 0 saturated heterocycles. The van der Waals surface area contributed by atoms with E-state index < -0.39 is 36.1 Å². The second-order valence-corrected chi connectivity index (χ2v) is 5.10. The van der Waals surface area contributed by atoms with E-state index in [4.69, 9.17) is 5.11 Å². The summed E-state index contributed by atoms with van der Waals surface area (Å²) in [6, 6.07) is 4.59. The lowest BCUT2D eigenvalue weighted by Crippen LogP contribution is -2.39. The molecule has 0 radical (unpaired) electrons. The molecule has 1 amide bonds. The number of alkyl halides is 3. The SMILES string of the molecule is C[C@H](NC(=O)C1CC1c1ccccc1OC(F)(F)F)C(=O)O. The molecule has 8 heteroatoms. The summed E-state index contributed by atoms with van der Waals surface area (Å²) < 4.78 is 41.0. The number of rotatable bonds is 5. The van der Waals surface area contributed by atoms with E-state index in [2.05, 4.69) is 10.1 Å². The van der Waals surface area contributed by atoms with Crippen LogP contribution in [0.4, 0.5) is 13.2 Å². The highest BCUT2D eigenvalue weighted by Gasteiger charge is 2.46. The third-order valence-electron chi connectivity index (χ3n) is 3.40. The molecule has 1 aromatic rings. The average molecular weight is 317 g/mol.